The fraction of sp³-hybridized carbons (Fsp3) is 0. The molecule has 0 spiro atoms. The number of hydrogen-bond donors (Lipinski definition) is 1. The van der Waals surface area contributed by atoms with E-state index in [0.717, 1.165) is 10.8 Å². The molecule has 3 nitrogen and oxygen atoms in total. The van der Waals surface area contributed by atoms with Gasteiger partial charge in [-0.15, -0.1) is 0 Å². The summed E-state index contributed by atoms with van der Waals surface area (Å²) in [6.45, 7) is 0. The van der Waals surface area contributed by atoms with Crippen LogP contribution in [-0.2, 0) is 0 Å². The van der Waals surface area contributed by atoms with Crippen LogP contribution in [0.25, 0.3) is 10.8 Å². The van der Waals surface area contributed by atoms with Crippen LogP contribution in [0.3, 0.4) is 0 Å². The molecule has 100 valence electrons. The van der Waals surface area contributed by atoms with Crippen LogP contribution < -0.4 is 10.5 Å². The molecule has 0 unspecified atom stereocenters. The van der Waals surface area contributed by atoms with Gasteiger partial charge < -0.3 is 10.5 Å². The van der Waals surface area contributed by atoms with Crippen molar-refractivity contribution in [3.05, 3.63) is 58.7 Å². The minimum atomic E-state index is 0.282. The fourth-order valence-electron chi connectivity index (χ4n) is 1.94. The fourth-order valence-corrected chi connectivity index (χ4v) is 2.31. The van der Waals surface area contributed by atoms with Crippen LogP contribution >= 0.6 is 23.2 Å². The van der Waals surface area contributed by atoms with Crippen molar-refractivity contribution in [1.82, 2.24) is 4.98 Å². The van der Waals surface area contributed by atoms with Crippen molar-refractivity contribution < 1.29 is 4.74 Å². The molecule has 0 bridgehead atoms. The molecule has 0 saturated carbocycles. The Kier molecular flexibility index (Phi) is 3.38. The van der Waals surface area contributed by atoms with Crippen molar-refractivity contribution in [1.29, 1.82) is 0 Å². The van der Waals surface area contributed by atoms with Crippen LogP contribution in [0.4, 0.5) is 5.69 Å². The van der Waals surface area contributed by atoms with Crippen molar-refractivity contribution >= 4 is 39.7 Å². The predicted octanol–water partition coefficient (Wildman–Crippen LogP) is 4.92. The SMILES string of the molecule is Nc1ccc(Cl)nc1Oc1ccc(Cl)c2ccccc12. The molecule has 5 heteroatoms. The average molecular weight is 305 g/mol. The molecule has 20 heavy (non-hydrogen) atoms. The Morgan fingerprint density at radius 1 is 0.900 bits per heavy atom. The van der Waals surface area contributed by atoms with Crippen LogP contribution in [0.5, 0.6) is 11.6 Å². The monoisotopic (exact) mass is 304 g/mol. The number of anilines is 1. The van der Waals surface area contributed by atoms with Crippen LogP contribution in [0.2, 0.25) is 10.2 Å². The molecule has 1 aromatic heterocycles. The van der Waals surface area contributed by atoms with Gasteiger partial charge in [0.25, 0.3) is 0 Å². The first-order valence-electron chi connectivity index (χ1n) is 5.92. The molecule has 0 atom stereocenters. The van der Waals surface area contributed by atoms with Gasteiger partial charge in [-0.25, -0.2) is 0 Å². The van der Waals surface area contributed by atoms with E-state index in [1.165, 1.54) is 0 Å². The van der Waals surface area contributed by atoms with Gasteiger partial charge in [-0.2, -0.15) is 4.98 Å². The Labute approximate surface area is 125 Å². The lowest BCUT2D eigenvalue weighted by Crippen LogP contribution is -1.95. The van der Waals surface area contributed by atoms with Crippen LogP contribution in [0, 0.1) is 0 Å². The molecular weight excluding hydrogens is 295 g/mol. The second kappa shape index (κ2) is 5.19. The summed E-state index contributed by atoms with van der Waals surface area (Å²) in [5, 5.41) is 2.79. The molecule has 0 radical (unpaired) electrons. The van der Waals surface area contributed by atoms with E-state index in [-0.39, 0.29) is 5.88 Å². The number of fused-ring (bicyclic) bond motifs is 1. The molecule has 0 aliphatic rings. The van der Waals surface area contributed by atoms with E-state index in [9.17, 15) is 0 Å². The van der Waals surface area contributed by atoms with Crippen molar-refractivity contribution in [2.45, 2.75) is 0 Å². The maximum atomic E-state index is 6.17. The van der Waals surface area contributed by atoms with Gasteiger partial charge in [0.1, 0.15) is 10.9 Å². The van der Waals surface area contributed by atoms with E-state index in [1.54, 1.807) is 24.3 Å². The molecule has 3 rings (SSSR count). The second-order valence-electron chi connectivity index (χ2n) is 4.22. The van der Waals surface area contributed by atoms with Crippen molar-refractivity contribution in [3.63, 3.8) is 0 Å². The molecule has 0 saturated heterocycles. The van der Waals surface area contributed by atoms with Crippen molar-refractivity contribution in [2.75, 3.05) is 5.73 Å². The van der Waals surface area contributed by atoms with Gasteiger partial charge in [0.2, 0.25) is 5.88 Å². The normalized spacial score (nSPS) is 10.7. The van der Waals surface area contributed by atoms with Crippen LogP contribution in [0.1, 0.15) is 0 Å². The summed E-state index contributed by atoms with van der Waals surface area (Å²) in [7, 11) is 0. The maximum Gasteiger partial charge on any atom is 0.244 e. The zero-order chi connectivity index (χ0) is 14.1. The Bertz CT molecular complexity index is 790. The third-order valence-corrected chi connectivity index (χ3v) is 3.43. The number of benzene rings is 2. The molecule has 0 fully saturated rings. The highest BCUT2D eigenvalue weighted by Gasteiger charge is 2.09. The zero-order valence-electron chi connectivity index (χ0n) is 10.3. The molecule has 0 aliphatic heterocycles. The van der Waals surface area contributed by atoms with E-state index in [2.05, 4.69) is 4.98 Å². The lowest BCUT2D eigenvalue weighted by atomic mass is 10.1. The van der Waals surface area contributed by atoms with Gasteiger partial charge in [0.15, 0.2) is 0 Å². The van der Waals surface area contributed by atoms with Crippen LogP contribution in [-0.4, -0.2) is 4.98 Å². The summed E-state index contributed by atoms with van der Waals surface area (Å²) in [6.07, 6.45) is 0. The minimum absolute atomic E-state index is 0.282. The maximum absolute atomic E-state index is 6.17. The standard InChI is InChI=1S/C15H10Cl2N2O/c16-11-5-7-13(10-4-2-1-3-9(10)11)20-15-12(18)6-8-14(17)19-15/h1-8H,18H2. The average Bonchev–Trinajstić information content (AvgIpc) is 2.46. The summed E-state index contributed by atoms with van der Waals surface area (Å²) in [5.41, 5.74) is 6.26. The number of halogens is 2. The third kappa shape index (κ3) is 2.38. The van der Waals surface area contributed by atoms with Gasteiger partial charge >= 0.3 is 0 Å². The highest BCUT2D eigenvalue weighted by atomic mass is 35.5. The Morgan fingerprint density at radius 2 is 1.65 bits per heavy atom. The van der Waals surface area contributed by atoms with E-state index in [4.69, 9.17) is 33.7 Å². The van der Waals surface area contributed by atoms with E-state index in [1.807, 2.05) is 24.3 Å². The molecule has 2 aromatic carbocycles. The summed E-state index contributed by atoms with van der Waals surface area (Å²) >= 11 is 12.0. The quantitative estimate of drug-likeness (QED) is 0.684. The predicted molar refractivity (Wildman–Crippen MR) is 82.7 cm³/mol. The summed E-state index contributed by atoms with van der Waals surface area (Å²) in [4.78, 5) is 4.08. The Balaban J connectivity index is 2.11. The number of nitrogen functional groups attached to an aromatic ring is 1. The Morgan fingerprint density at radius 3 is 2.45 bits per heavy atom. The van der Waals surface area contributed by atoms with E-state index < -0.39 is 0 Å². The highest BCUT2D eigenvalue weighted by Crippen LogP contribution is 2.35. The van der Waals surface area contributed by atoms with Crippen molar-refractivity contribution in [3.8, 4) is 11.6 Å². The first-order valence-corrected chi connectivity index (χ1v) is 6.68. The highest BCUT2D eigenvalue weighted by molar-refractivity contribution is 6.35. The van der Waals surface area contributed by atoms with Crippen LogP contribution in [0.15, 0.2) is 48.5 Å². The topological polar surface area (TPSA) is 48.1 Å². The van der Waals surface area contributed by atoms with Gasteiger partial charge in [0.05, 0.1) is 5.69 Å². The van der Waals surface area contributed by atoms with Gasteiger partial charge in [0, 0.05) is 15.8 Å². The number of hydrogen-bond acceptors (Lipinski definition) is 3. The molecular formula is C15H10Cl2N2O. The molecule has 1 heterocycles. The first-order chi connectivity index (χ1) is 9.65. The van der Waals surface area contributed by atoms with Gasteiger partial charge in [-0.1, -0.05) is 47.5 Å². The zero-order valence-corrected chi connectivity index (χ0v) is 11.8. The first kappa shape index (κ1) is 13.0. The molecule has 3 aromatic rings. The largest absolute Gasteiger partial charge is 0.436 e. The molecule has 2 N–H and O–H groups in total. The summed E-state index contributed by atoms with van der Waals surface area (Å²) in [6, 6.07) is 14.5. The Hall–Kier alpha value is -1.97. The van der Waals surface area contributed by atoms with E-state index in [0.29, 0.717) is 21.6 Å². The third-order valence-electron chi connectivity index (χ3n) is 2.89. The number of aromatic nitrogens is 1. The number of nitrogens with zero attached hydrogens (tertiary/aromatic N) is 1. The summed E-state index contributed by atoms with van der Waals surface area (Å²) in [5.74, 6) is 0.913. The van der Waals surface area contributed by atoms with Gasteiger partial charge in [-0.05, 0) is 24.3 Å². The van der Waals surface area contributed by atoms with Crippen molar-refractivity contribution in [2.24, 2.45) is 0 Å². The smallest absolute Gasteiger partial charge is 0.244 e. The number of ether oxygens (including phenoxy) is 1. The number of pyridine rings is 1. The van der Waals surface area contributed by atoms with Gasteiger partial charge in [-0.3, -0.25) is 0 Å². The summed E-state index contributed by atoms with van der Waals surface area (Å²) < 4.78 is 5.78. The molecule has 0 amide bonds. The number of rotatable bonds is 2. The second-order valence-corrected chi connectivity index (χ2v) is 5.02. The van der Waals surface area contributed by atoms with E-state index >= 15 is 0 Å². The molecule has 0 aliphatic carbocycles. The lowest BCUT2D eigenvalue weighted by Gasteiger charge is -2.11. The lowest BCUT2D eigenvalue weighted by molar-refractivity contribution is 0.471. The minimum Gasteiger partial charge on any atom is -0.436 e. The number of nitrogens with two attached hydrogens (primary N) is 1.